The number of primary amides is 1. The summed E-state index contributed by atoms with van der Waals surface area (Å²) in [5, 5.41) is 2.88. The van der Waals surface area contributed by atoms with Gasteiger partial charge in [0.1, 0.15) is 6.04 Å². The summed E-state index contributed by atoms with van der Waals surface area (Å²) < 4.78 is 24.6. The molecule has 0 heterocycles. The molecule has 0 bridgehead atoms. The molecule has 1 unspecified atom stereocenters. The van der Waals surface area contributed by atoms with E-state index in [0.29, 0.717) is 12.1 Å². The molecule has 1 aromatic carbocycles. The molecule has 0 aromatic heterocycles. The average Bonchev–Trinajstić information content (AvgIpc) is 2.25. The first-order valence-corrected chi connectivity index (χ1v) is 4.97. The highest BCUT2D eigenvalue weighted by Crippen LogP contribution is 2.21. The molecule has 0 radical (unpaired) electrons. The summed E-state index contributed by atoms with van der Waals surface area (Å²) in [7, 11) is 0. The minimum Gasteiger partial charge on any atom is -0.368 e. The van der Waals surface area contributed by atoms with Gasteiger partial charge in [-0.05, 0) is 12.1 Å². The lowest BCUT2D eigenvalue weighted by atomic mass is 10.0. The number of carbonyl (C=O) groups is 1. The van der Waals surface area contributed by atoms with Crippen molar-refractivity contribution in [2.75, 3.05) is 6.54 Å². The van der Waals surface area contributed by atoms with Crippen LogP contribution < -0.4 is 11.1 Å². The fourth-order valence-corrected chi connectivity index (χ4v) is 1.42. The van der Waals surface area contributed by atoms with Crippen molar-refractivity contribution in [3.05, 3.63) is 35.4 Å². The first-order chi connectivity index (χ1) is 7.56. The van der Waals surface area contributed by atoms with Gasteiger partial charge >= 0.3 is 0 Å². The minimum absolute atomic E-state index is 0.0662. The van der Waals surface area contributed by atoms with Gasteiger partial charge in [0.15, 0.2) is 0 Å². The Morgan fingerprint density at radius 1 is 1.31 bits per heavy atom. The van der Waals surface area contributed by atoms with Crippen molar-refractivity contribution in [3.8, 4) is 0 Å². The van der Waals surface area contributed by atoms with Gasteiger partial charge in [-0.15, -0.1) is 0 Å². The van der Waals surface area contributed by atoms with Crippen molar-refractivity contribution in [3.63, 3.8) is 0 Å². The van der Waals surface area contributed by atoms with E-state index < -0.39 is 18.4 Å². The van der Waals surface area contributed by atoms with Crippen LogP contribution >= 0.6 is 0 Å². The van der Waals surface area contributed by atoms with E-state index in [4.69, 9.17) is 5.73 Å². The number of halogens is 2. The number of hydrogen-bond donors (Lipinski definition) is 2. The molecular formula is C11H14F2N2O. The Hall–Kier alpha value is -1.49. The maximum Gasteiger partial charge on any atom is 0.263 e. The number of benzene rings is 1. The molecular weight excluding hydrogens is 214 g/mol. The van der Waals surface area contributed by atoms with Crippen LogP contribution in [-0.4, -0.2) is 12.5 Å². The summed E-state index contributed by atoms with van der Waals surface area (Å²) >= 11 is 0. The van der Waals surface area contributed by atoms with Crippen molar-refractivity contribution < 1.29 is 13.6 Å². The Bertz CT molecular complexity index is 352. The summed E-state index contributed by atoms with van der Waals surface area (Å²) in [5.41, 5.74) is 5.73. The van der Waals surface area contributed by atoms with Gasteiger partial charge in [0.05, 0.1) is 0 Å². The monoisotopic (exact) mass is 228 g/mol. The van der Waals surface area contributed by atoms with Crippen molar-refractivity contribution >= 4 is 5.91 Å². The summed E-state index contributed by atoms with van der Waals surface area (Å²) in [6.07, 6.45) is -2.50. The zero-order valence-corrected chi connectivity index (χ0v) is 8.91. The lowest BCUT2D eigenvalue weighted by molar-refractivity contribution is -0.120. The summed E-state index contributed by atoms with van der Waals surface area (Å²) in [5.74, 6) is -0.522. The standard InChI is InChI=1S/C11H14F2N2O/c1-2-15-9(11(14)16)7-3-5-8(6-4-7)10(12)13/h3-6,9-10,15H,2H2,1H3,(H2,14,16). The van der Waals surface area contributed by atoms with Gasteiger partial charge in [-0.1, -0.05) is 31.2 Å². The Morgan fingerprint density at radius 2 is 1.81 bits per heavy atom. The third kappa shape index (κ3) is 3.00. The topological polar surface area (TPSA) is 55.1 Å². The maximum atomic E-state index is 12.3. The predicted octanol–water partition coefficient (Wildman–Crippen LogP) is 1.76. The first-order valence-electron chi connectivity index (χ1n) is 4.97. The Morgan fingerprint density at radius 3 is 2.19 bits per heavy atom. The molecule has 0 aliphatic heterocycles. The number of hydrogen-bond acceptors (Lipinski definition) is 2. The Kier molecular flexibility index (Phi) is 4.37. The number of nitrogens with two attached hydrogens (primary N) is 1. The number of likely N-dealkylation sites (N-methyl/N-ethyl adjacent to an activating group) is 1. The second kappa shape index (κ2) is 5.55. The van der Waals surface area contributed by atoms with E-state index >= 15 is 0 Å². The van der Waals surface area contributed by atoms with Crippen LogP contribution in [0.25, 0.3) is 0 Å². The highest BCUT2D eigenvalue weighted by Gasteiger charge is 2.16. The van der Waals surface area contributed by atoms with Crippen molar-refractivity contribution in [1.82, 2.24) is 5.32 Å². The maximum absolute atomic E-state index is 12.3. The summed E-state index contributed by atoms with van der Waals surface area (Å²) in [4.78, 5) is 11.1. The lowest BCUT2D eigenvalue weighted by Gasteiger charge is -2.14. The predicted molar refractivity (Wildman–Crippen MR) is 57.0 cm³/mol. The smallest absolute Gasteiger partial charge is 0.263 e. The zero-order valence-electron chi connectivity index (χ0n) is 8.91. The number of carbonyl (C=O) groups excluding carboxylic acids is 1. The molecule has 5 heteroatoms. The fourth-order valence-electron chi connectivity index (χ4n) is 1.42. The third-order valence-electron chi connectivity index (χ3n) is 2.21. The molecule has 1 aromatic rings. The Labute approximate surface area is 92.6 Å². The van der Waals surface area contributed by atoms with Gasteiger partial charge in [-0.25, -0.2) is 8.78 Å². The van der Waals surface area contributed by atoms with Crippen molar-refractivity contribution in [1.29, 1.82) is 0 Å². The molecule has 0 spiro atoms. The molecule has 3 N–H and O–H groups in total. The van der Waals surface area contributed by atoms with Crippen LogP contribution in [0.1, 0.15) is 30.5 Å². The molecule has 16 heavy (non-hydrogen) atoms. The van der Waals surface area contributed by atoms with Gasteiger partial charge in [-0.2, -0.15) is 0 Å². The zero-order chi connectivity index (χ0) is 12.1. The van der Waals surface area contributed by atoms with E-state index in [0.717, 1.165) is 0 Å². The quantitative estimate of drug-likeness (QED) is 0.806. The highest BCUT2D eigenvalue weighted by molar-refractivity contribution is 5.81. The summed E-state index contributed by atoms with van der Waals surface area (Å²) in [6, 6.07) is 4.94. The molecule has 0 aliphatic rings. The van der Waals surface area contributed by atoms with Crippen LogP contribution in [0.2, 0.25) is 0 Å². The number of amides is 1. The molecule has 1 atom stereocenters. The second-order valence-electron chi connectivity index (χ2n) is 3.36. The fraction of sp³-hybridized carbons (Fsp3) is 0.364. The third-order valence-corrected chi connectivity index (χ3v) is 2.21. The number of rotatable bonds is 5. The van der Waals surface area contributed by atoms with Crippen molar-refractivity contribution in [2.24, 2.45) is 5.73 Å². The SMILES string of the molecule is CCNC(C(N)=O)c1ccc(C(F)F)cc1. The van der Waals surface area contributed by atoms with Crippen LogP contribution in [0.5, 0.6) is 0 Å². The molecule has 0 aliphatic carbocycles. The largest absolute Gasteiger partial charge is 0.368 e. The number of alkyl halides is 2. The van der Waals surface area contributed by atoms with Crippen LogP contribution in [0.3, 0.4) is 0 Å². The Balaban J connectivity index is 2.89. The van der Waals surface area contributed by atoms with Gasteiger partial charge in [0.25, 0.3) is 6.43 Å². The first kappa shape index (κ1) is 12.6. The molecule has 0 saturated heterocycles. The molecule has 1 amide bonds. The van der Waals surface area contributed by atoms with Crippen LogP contribution in [0.15, 0.2) is 24.3 Å². The molecule has 0 saturated carbocycles. The molecule has 88 valence electrons. The van der Waals surface area contributed by atoms with E-state index in [-0.39, 0.29) is 5.56 Å². The normalized spacial score (nSPS) is 12.8. The van der Waals surface area contributed by atoms with E-state index in [9.17, 15) is 13.6 Å². The molecule has 1 rings (SSSR count). The molecule has 3 nitrogen and oxygen atoms in total. The van der Waals surface area contributed by atoms with E-state index in [1.807, 2.05) is 6.92 Å². The van der Waals surface area contributed by atoms with Crippen LogP contribution in [0.4, 0.5) is 8.78 Å². The van der Waals surface area contributed by atoms with Gasteiger partial charge in [0.2, 0.25) is 5.91 Å². The van der Waals surface area contributed by atoms with E-state index in [1.165, 1.54) is 24.3 Å². The number of nitrogens with one attached hydrogen (secondary N) is 1. The van der Waals surface area contributed by atoms with Gasteiger partial charge in [0, 0.05) is 5.56 Å². The van der Waals surface area contributed by atoms with Gasteiger partial charge < -0.3 is 11.1 Å². The second-order valence-corrected chi connectivity index (χ2v) is 3.36. The van der Waals surface area contributed by atoms with E-state index in [1.54, 1.807) is 0 Å². The highest BCUT2D eigenvalue weighted by atomic mass is 19.3. The molecule has 0 fully saturated rings. The average molecular weight is 228 g/mol. The van der Waals surface area contributed by atoms with Gasteiger partial charge in [-0.3, -0.25) is 4.79 Å². The lowest BCUT2D eigenvalue weighted by Crippen LogP contribution is -2.33. The van der Waals surface area contributed by atoms with Crippen LogP contribution in [0, 0.1) is 0 Å². The minimum atomic E-state index is -2.50. The van der Waals surface area contributed by atoms with Crippen molar-refractivity contribution in [2.45, 2.75) is 19.4 Å². The summed E-state index contributed by atoms with van der Waals surface area (Å²) in [6.45, 7) is 2.41. The van der Waals surface area contributed by atoms with Crippen LogP contribution in [-0.2, 0) is 4.79 Å². The van der Waals surface area contributed by atoms with E-state index in [2.05, 4.69) is 5.32 Å².